The number of rotatable bonds is 4. The van der Waals surface area contributed by atoms with Crippen molar-refractivity contribution in [1.82, 2.24) is 10.2 Å². The van der Waals surface area contributed by atoms with Gasteiger partial charge in [-0.25, -0.2) is 0 Å². The molecule has 0 spiro atoms. The van der Waals surface area contributed by atoms with Crippen molar-refractivity contribution in [2.75, 3.05) is 26.2 Å². The minimum absolute atomic E-state index is 0.657. The van der Waals surface area contributed by atoms with E-state index < -0.39 is 0 Å². The van der Waals surface area contributed by atoms with Gasteiger partial charge in [-0.3, -0.25) is 0 Å². The Morgan fingerprint density at radius 2 is 2.00 bits per heavy atom. The Kier molecular flexibility index (Phi) is 3.97. The molecule has 1 unspecified atom stereocenters. The van der Waals surface area contributed by atoms with Gasteiger partial charge in [-0.2, -0.15) is 0 Å². The van der Waals surface area contributed by atoms with E-state index in [1.807, 2.05) is 0 Å². The largest absolute Gasteiger partial charge is 0.312 e. The minimum Gasteiger partial charge on any atom is -0.312 e. The lowest BCUT2D eigenvalue weighted by molar-refractivity contribution is 0.275. The molecule has 16 heavy (non-hydrogen) atoms. The molecule has 0 saturated heterocycles. The second kappa shape index (κ2) is 5.46. The van der Waals surface area contributed by atoms with Crippen molar-refractivity contribution in [2.45, 2.75) is 26.3 Å². The second-order valence-electron chi connectivity index (χ2n) is 4.51. The molecule has 1 N–H and O–H groups in total. The Bertz CT molecular complexity index is 331. The fraction of sp³-hybridized carbons (Fsp3) is 0.571. The maximum absolute atomic E-state index is 3.52. The molecule has 2 heteroatoms. The highest BCUT2D eigenvalue weighted by Gasteiger charge is 2.20. The van der Waals surface area contributed by atoms with Crippen LogP contribution in [0.5, 0.6) is 0 Å². The van der Waals surface area contributed by atoms with E-state index in [9.17, 15) is 0 Å². The monoisotopic (exact) mass is 218 g/mol. The SMILES string of the molecule is CCN(CC)CC1CNCc2ccccc21. The third kappa shape index (κ3) is 2.45. The number of benzene rings is 1. The van der Waals surface area contributed by atoms with Crippen LogP contribution >= 0.6 is 0 Å². The number of nitrogens with one attached hydrogen (secondary N) is 1. The topological polar surface area (TPSA) is 15.3 Å². The van der Waals surface area contributed by atoms with Gasteiger partial charge in [0.1, 0.15) is 0 Å². The Balaban J connectivity index is 2.12. The summed E-state index contributed by atoms with van der Waals surface area (Å²) >= 11 is 0. The number of hydrogen-bond acceptors (Lipinski definition) is 2. The molecule has 0 amide bonds. The Hall–Kier alpha value is -0.860. The van der Waals surface area contributed by atoms with E-state index in [0.717, 1.165) is 26.2 Å². The van der Waals surface area contributed by atoms with Crippen molar-refractivity contribution < 1.29 is 0 Å². The quantitative estimate of drug-likeness (QED) is 0.833. The summed E-state index contributed by atoms with van der Waals surface area (Å²) in [7, 11) is 0. The predicted octanol–water partition coefficient (Wildman–Crippen LogP) is 2.22. The number of fused-ring (bicyclic) bond motifs is 1. The van der Waals surface area contributed by atoms with Crippen molar-refractivity contribution in [2.24, 2.45) is 0 Å². The van der Waals surface area contributed by atoms with Crippen LogP contribution < -0.4 is 5.32 Å². The number of nitrogens with zero attached hydrogens (tertiary/aromatic N) is 1. The lowest BCUT2D eigenvalue weighted by Crippen LogP contribution is -2.36. The van der Waals surface area contributed by atoms with Gasteiger partial charge in [-0.15, -0.1) is 0 Å². The van der Waals surface area contributed by atoms with Crippen molar-refractivity contribution in [3.63, 3.8) is 0 Å². The zero-order valence-electron chi connectivity index (χ0n) is 10.4. The normalized spacial score (nSPS) is 19.8. The van der Waals surface area contributed by atoms with Crippen LogP contribution in [0.3, 0.4) is 0 Å². The van der Waals surface area contributed by atoms with Gasteiger partial charge in [0.25, 0.3) is 0 Å². The molecule has 88 valence electrons. The summed E-state index contributed by atoms with van der Waals surface area (Å²) in [6.07, 6.45) is 0. The van der Waals surface area contributed by atoms with E-state index >= 15 is 0 Å². The first-order valence-corrected chi connectivity index (χ1v) is 6.36. The standard InChI is InChI=1S/C14H22N2/c1-3-16(4-2)11-13-10-15-9-12-7-5-6-8-14(12)13/h5-8,13,15H,3-4,9-11H2,1-2H3. The first-order valence-electron chi connectivity index (χ1n) is 6.36. The molecule has 0 bridgehead atoms. The van der Waals surface area contributed by atoms with Gasteiger partial charge < -0.3 is 10.2 Å². The van der Waals surface area contributed by atoms with Crippen LogP contribution in [0, 0.1) is 0 Å². The van der Waals surface area contributed by atoms with Crippen molar-refractivity contribution >= 4 is 0 Å². The third-order valence-corrected chi connectivity index (χ3v) is 3.57. The predicted molar refractivity (Wildman–Crippen MR) is 68.7 cm³/mol. The van der Waals surface area contributed by atoms with Crippen LogP contribution in [-0.4, -0.2) is 31.1 Å². The number of hydrogen-bond donors (Lipinski definition) is 1. The highest BCUT2D eigenvalue weighted by atomic mass is 15.1. The summed E-state index contributed by atoms with van der Waals surface area (Å²) in [5.41, 5.74) is 3.03. The lowest BCUT2D eigenvalue weighted by atomic mass is 9.90. The maximum Gasteiger partial charge on any atom is 0.0208 e. The molecule has 2 rings (SSSR count). The van der Waals surface area contributed by atoms with Crippen molar-refractivity contribution in [1.29, 1.82) is 0 Å². The highest BCUT2D eigenvalue weighted by molar-refractivity contribution is 5.32. The van der Waals surface area contributed by atoms with Gasteiger partial charge >= 0.3 is 0 Å². The summed E-state index contributed by atoms with van der Waals surface area (Å²) in [4.78, 5) is 2.51. The van der Waals surface area contributed by atoms with Crippen LogP contribution in [-0.2, 0) is 6.54 Å². The lowest BCUT2D eigenvalue weighted by Gasteiger charge is -2.30. The second-order valence-corrected chi connectivity index (χ2v) is 4.51. The first-order chi connectivity index (χ1) is 7.85. The van der Waals surface area contributed by atoms with Crippen LogP contribution in [0.25, 0.3) is 0 Å². The molecule has 2 nitrogen and oxygen atoms in total. The molecule has 1 aromatic rings. The van der Waals surface area contributed by atoms with E-state index in [-0.39, 0.29) is 0 Å². The zero-order chi connectivity index (χ0) is 11.4. The van der Waals surface area contributed by atoms with Crippen LogP contribution in [0.15, 0.2) is 24.3 Å². The zero-order valence-corrected chi connectivity index (χ0v) is 10.4. The van der Waals surface area contributed by atoms with Crippen LogP contribution in [0.4, 0.5) is 0 Å². The third-order valence-electron chi connectivity index (χ3n) is 3.57. The van der Waals surface area contributed by atoms with Gasteiger partial charge in [0.05, 0.1) is 0 Å². The molecule has 0 radical (unpaired) electrons. The molecule has 1 aromatic carbocycles. The molecule has 0 fully saturated rings. The molecule has 0 aliphatic carbocycles. The molecule has 1 aliphatic heterocycles. The van der Waals surface area contributed by atoms with Crippen molar-refractivity contribution in [3.8, 4) is 0 Å². The summed E-state index contributed by atoms with van der Waals surface area (Å²) in [6, 6.07) is 8.85. The molecule has 0 aromatic heterocycles. The summed E-state index contributed by atoms with van der Waals surface area (Å²) in [5.74, 6) is 0.657. The van der Waals surface area contributed by atoms with Gasteiger partial charge in [0, 0.05) is 25.6 Å². The van der Waals surface area contributed by atoms with Gasteiger partial charge in [-0.1, -0.05) is 38.1 Å². The molecule has 1 heterocycles. The summed E-state index contributed by atoms with van der Waals surface area (Å²) < 4.78 is 0. The molecule has 0 saturated carbocycles. The van der Waals surface area contributed by atoms with Crippen molar-refractivity contribution in [3.05, 3.63) is 35.4 Å². The Morgan fingerprint density at radius 1 is 1.25 bits per heavy atom. The van der Waals surface area contributed by atoms with Gasteiger partial charge in [-0.05, 0) is 24.2 Å². The van der Waals surface area contributed by atoms with E-state index in [1.165, 1.54) is 12.1 Å². The molecule has 1 aliphatic rings. The summed E-state index contributed by atoms with van der Waals surface area (Å²) in [6.45, 7) is 10.1. The molecule has 1 atom stereocenters. The fourth-order valence-corrected chi connectivity index (χ4v) is 2.54. The first kappa shape index (κ1) is 11.6. The fourth-order valence-electron chi connectivity index (χ4n) is 2.54. The Morgan fingerprint density at radius 3 is 2.75 bits per heavy atom. The average Bonchev–Trinajstić information content (AvgIpc) is 2.36. The highest BCUT2D eigenvalue weighted by Crippen LogP contribution is 2.24. The Labute approximate surface area is 98.7 Å². The van der Waals surface area contributed by atoms with Crippen LogP contribution in [0.2, 0.25) is 0 Å². The molecular weight excluding hydrogens is 196 g/mol. The average molecular weight is 218 g/mol. The smallest absolute Gasteiger partial charge is 0.0208 e. The minimum atomic E-state index is 0.657. The molecular formula is C14H22N2. The van der Waals surface area contributed by atoms with E-state index in [0.29, 0.717) is 5.92 Å². The number of likely N-dealkylation sites (N-methyl/N-ethyl adjacent to an activating group) is 1. The van der Waals surface area contributed by atoms with E-state index in [2.05, 4.69) is 48.3 Å². The summed E-state index contributed by atoms with van der Waals surface area (Å²) in [5, 5.41) is 3.52. The van der Waals surface area contributed by atoms with E-state index in [1.54, 1.807) is 5.56 Å². The van der Waals surface area contributed by atoms with Gasteiger partial charge in [0.15, 0.2) is 0 Å². The van der Waals surface area contributed by atoms with Gasteiger partial charge in [0.2, 0.25) is 0 Å². The maximum atomic E-state index is 3.52. The van der Waals surface area contributed by atoms with Crippen LogP contribution in [0.1, 0.15) is 30.9 Å². The van der Waals surface area contributed by atoms with E-state index in [4.69, 9.17) is 0 Å².